The SMILES string of the molecule is C=CCN1C(=O)O[C@H](C)[C@H]1CC(=C)Br. The number of cyclic esters (lactones) is 1. The van der Waals surface area contributed by atoms with E-state index in [1.54, 1.807) is 11.0 Å². The molecule has 1 fully saturated rings. The van der Waals surface area contributed by atoms with Crippen molar-refractivity contribution in [2.75, 3.05) is 6.54 Å². The van der Waals surface area contributed by atoms with Gasteiger partial charge in [-0.3, -0.25) is 4.90 Å². The number of hydrogen-bond donors (Lipinski definition) is 0. The number of carbonyl (C=O) groups excluding carboxylic acids is 1. The minimum Gasteiger partial charge on any atom is -0.444 e. The Labute approximate surface area is 92.5 Å². The molecule has 0 spiro atoms. The molecule has 1 rings (SSSR count). The summed E-state index contributed by atoms with van der Waals surface area (Å²) >= 11 is 3.30. The number of ether oxygens (including phenoxy) is 1. The lowest BCUT2D eigenvalue weighted by molar-refractivity contribution is 0.137. The average Bonchev–Trinajstić information content (AvgIpc) is 2.31. The van der Waals surface area contributed by atoms with Crippen LogP contribution >= 0.6 is 15.9 Å². The molecule has 1 saturated heterocycles. The average molecular weight is 260 g/mol. The van der Waals surface area contributed by atoms with Gasteiger partial charge in [-0.15, -0.1) is 6.58 Å². The maximum absolute atomic E-state index is 11.4. The van der Waals surface area contributed by atoms with Gasteiger partial charge in [-0.25, -0.2) is 4.79 Å². The molecule has 3 nitrogen and oxygen atoms in total. The van der Waals surface area contributed by atoms with Gasteiger partial charge in [0.1, 0.15) is 6.10 Å². The van der Waals surface area contributed by atoms with Crippen molar-refractivity contribution < 1.29 is 9.53 Å². The predicted octanol–water partition coefficient (Wildman–Crippen LogP) is 2.68. The van der Waals surface area contributed by atoms with E-state index in [2.05, 4.69) is 29.1 Å². The fraction of sp³-hybridized carbons (Fsp3) is 0.500. The first-order valence-electron chi connectivity index (χ1n) is 4.47. The molecule has 4 heteroatoms. The van der Waals surface area contributed by atoms with Crippen molar-refractivity contribution in [3.8, 4) is 0 Å². The van der Waals surface area contributed by atoms with E-state index < -0.39 is 0 Å². The third-order valence-corrected chi connectivity index (χ3v) is 2.54. The Morgan fingerprint density at radius 2 is 2.43 bits per heavy atom. The first kappa shape index (κ1) is 11.3. The van der Waals surface area contributed by atoms with E-state index in [1.807, 2.05) is 6.92 Å². The van der Waals surface area contributed by atoms with Gasteiger partial charge in [0.15, 0.2) is 0 Å². The summed E-state index contributed by atoms with van der Waals surface area (Å²) in [5.41, 5.74) is 0. The summed E-state index contributed by atoms with van der Waals surface area (Å²) in [6.07, 6.45) is 2.05. The largest absolute Gasteiger partial charge is 0.444 e. The lowest BCUT2D eigenvalue weighted by Crippen LogP contribution is -2.35. The first-order chi connectivity index (χ1) is 6.56. The van der Waals surface area contributed by atoms with Crippen LogP contribution in [0.3, 0.4) is 0 Å². The van der Waals surface area contributed by atoms with Gasteiger partial charge in [0, 0.05) is 13.0 Å². The summed E-state index contributed by atoms with van der Waals surface area (Å²) < 4.78 is 5.99. The molecule has 0 aromatic rings. The van der Waals surface area contributed by atoms with Gasteiger partial charge in [-0.05, 0) is 11.4 Å². The molecule has 78 valence electrons. The van der Waals surface area contributed by atoms with Crippen molar-refractivity contribution in [3.05, 3.63) is 23.7 Å². The summed E-state index contributed by atoms with van der Waals surface area (Å²) in [5.74, 6) is 0. The minimum atomic E-state index is -0.267. The van der Waals surface area contributed by atoms with Crippen LogP contribution in [0.5, 0.6) is 0 Å². The molecule has 0 N–H and O–H groups in total. The van der Waals surface area contributed by atoms with Crippen LogP contribution in [0.25, 0.3) is 0 Å². The summed E-state index contributed by atoms with van der Waals surface area (Å²) in [4.78, 5) is 13.0. The second kappa shape index (κ2) is 4.64. The van der Waals surface area contributed by atoms with Gasteiger partial charge in [0.05, 0.1) is 6.04 Å². The molecule has 0 radical (unpaired) electrons. The highest BCUT2D eigenvalue weighted by molar-refractivity contribution is 9.11. The standard InChI is InChI=1S/C10H14BrNO2/c1-4-5-12-9(6-7(2)11)8(3)14-10(12)13/h4,8-9H,1-2,5-6H2,3H3/t8-,9-/m1/s1. The van der Waals surface area contributed by atoms with E-state index in [0.29, 0.717) is 13.0 Å². The monoisotopic (exact) mass is 259 g/mol. The topological polar surface area (TPSA) is 29.5 Å². The first-order valence-corrected chi connectivity index (χ1v) is 5.27. The Morgan fingerprint density at radius 3 is 2.93 bits per heavy atom. The highest BCUT2D eigenvalue weighted by Crippen LogP contribution is 2.25. The molecule has 1 aliphatic rings. The van der Waals surface area contributed by atoms with E-state index >= 15 is 0 Å². The summed E-state index contributed by atoms with van der Waals surface area (Å²) in [7, 11) is 0. The molecule has 1 amide bonds. The second-order valence-corrected chi connectivity index (χ2v) is 4.44. The van der Waals surface area contributed by atoms with Crippen LogP contribution in [-0.4, -0.2) is 29.7 Å². The molecule has 14 heavy (non-hydrogen) atoms. The van der Waals surface area contributed by atoms with Gasteiger partial charge in [0.25, 0.3) is 0 Å². The Kier molecular flexibility index (Phi) is 3.75. The molecular formula is C10H14BrNO2. The van der Waals surface area contributed by atoms with E-state index in [-0.39, 0.29) is 18.2 Å². The highest BCUT2D eigenvalue weighted by Gasteiger charge is 2.38. The van der Waals surface area contributed by atoms with Crippen LogP contribution in [0.2, 0.25) is 0 Å². The van der Waals surface area contributed by atoms with Crippen molar-refractivity contribution >= 4 is 22.0 Å². The third-order valence-electron chi connectivity index (χ3n) is 2.22. The van der Waals surface area contributed by atoms with Gasteiger partial charge < -0.3 is 4.74 Å². The molecule has 0 saturated carbocycles. The number of amides is 1. The second-order valence-electron chi connectivity index (χ2n) is 3.32. The maximum Gasteiger partial charge on any atom is 0.410 e. The zero-order chi connectivity index (χ0) is 10.7. The van der Waals surface area contributed by atoms with E-state index in [4.69, 9.17) is 4.74 Å². The Morgan fingerprint density at radius 1 is 1.79 bits per heavy atom. The lowest BCUT2D eigenvalue weighted by Gasteiger charge is -2.21. The number of hydrogen-bond acceptors (Lipinski definition) is 2. The molecule has 0 aromatic carbocycles. The molecule has 0 aromatic heterocycles. The van der Waals surface area contributed by atoms with Crippen LogP contribution in [0.4, 0.5) is 4.79 Å². The zero-order valence-electron chi connectivity index (χ0n) is 8.20. The maximum atomic E-state index is 11.4. The third kappa shape index (κ3) is 2.38. The number of rotatable bonds is 4. The fourth-order valence-corrected chi connectivity index (χ4v) is 1.88. The summed E-state index contributed by atoms with van der Waals surface area (Å²) in [6.45, 7) is 9.80. The number of halogens is 1. The molecule has 1 heterocycles. The smallest absolute Gasteiger partial charge is 0.410 e. The molecule has 1 aliphatic heterocycles. The van der Waals surface area contributed by atoms with E-state index in [0.717, 1.165) is 4.48 Å². The predicted molar refractivity (Wildman–Crippen MR) is 59.3 cm³/mol. The van der Waals surface area contributed by atoms with Crippen molar-refractivity contribution in [3.63, 3.8) is 0 Å². The van der Waals surface area contributed by atoms with Gasteiger partial charge >= 0.3 is 6.09 Å². The molecule has 0 bridgehead atoms. The highest BCUT2D eigenvalue weighted by atomic mass is 79.9. The quantitative estimate of drug-likeness (QED) is 0.727. The summed E-state index contributed by atoms with van der Waals surface area (Å²) in [5, 5.41) is 0. The summed E-state index contributed by atoms with van der Waals surface area (Å²) in [6, 6.07) is 0.0624. The normalized spacial score (nSPS) is 26.1. The Hall–Kier alpha value is -0.770. The molecule has 2 atom stereocenters. The van der Waals surface area contributed by atoms with Gasteiger partial charge in [-0.2, -0.15) is 0 Å². The van der Waals surface area contributed by atoms with Crippen LogP contribution < -0.4 is 0 Å². The van der Waals surface area contributed by atoms with Crippen molar-refractivity contribution in [1.29, 1.82) is 0 Å². The molecule has 0 unspecified atom stereocenters. The zero-order valence-corrected chi connectivity index (χ0v) is 9.79. The lowest BCUT2D eigenvalue weighted by atomic mass is 10.1. The van der Waals surface area contributed by atoms with Crippen molar-refractivity contribution in [1.82, 2.24) is 4.90 Å². The van der Waals surface area contributed by atoms with E-state index in [1.165, 1.54) is 0 Å². The minimum absolute atomic E-state index is 0.0624. The van der Waals surface area contributed by atoms with Crippen LogP contribution in [0.1, 0.15) is 13.3 Å². The van der Waals surface area contributed by atoms with Crippen LogP contribution in [0.15, 0.2) is 23.7 Å². The fourth-order valence-electron chi connectivity index (χ4n) is 1.55. The van der Waals surface area contributed by atoms with Crippen LogP contribution in [0, 0.1) is 0 Å². The van der Waals surface area contributed by atoms with Gasteiger partial charge in [-0.1, -0.05) is 28.6 Å². The van der Waals surface area contributed by atoms with Crippen LogP contribution in [-0.2, 0) is 4.74 Å². The Balaban J connectivity index is 2.72. The van der Waals surface area contributed by atoms with Gasteiger partial charge in [0.2, 0.25) is 0 Å². The Bertz CT molecular complexity index is 265. The van der Waals surface area contributed by atoms with Crippen molar-refractivity contribution in [2.24, 2.45) is 0 Å². The van der Waals surface area contributed by atoms with E-state index in [9.17, 15) is 4.79 Å². The molecular weight excluding hydrogens is 246 g/mol. The molecule has 0 aliphatic carbocycles. The number of carbonyl (C=O) groups is 1. The van der Waals surface area contributed by atoms with Crippen molar-refractivity contribution in [2.45, 2.75) is 25.5 Å². The number of nitrogens with zero attached hydrogens (tertiary/aromatic N) is 1.